The molecule has 1 saturated heterocycles. The van der Waals surface area contributed by atoms with Gasteiger partial charge < -0.3 is 20.3 Å². The van der Waals surface area contributed by atoms with Crippen LogP contribution in [0.3, 0.4) is 0 Å². The summed E-state index contributed by atoms with van der Waals surface area (Å²) in [4.78, 5) is 28.1. The van der Waals surface area contributed by atoms with Gasteiger partial charge in [-0.15, -0.1) is 11.3 Å². The Hall–Kier alpha value is -2.38. The first-order valence-electron chi connectivity index (χ1n) is 9.42. The van der Waals surface area contributed by atoms with Gasteiger partial charge in [0, 0.05) is 29.2 Å². The molecule has 2 N–H and O–H groups in total. The molecule has 6 nitrogen and oxygen atoms in total. The fourth-order valence-corrected chi connectivity index (χ4v) is 4.17. The lowest BCUT2D eigenvalue weighted by Gasteiger charge is -2.30. The van der Waals surface area contributed by atoms with Crippen LogP contribution in [0.25, 0.3) is 0 Å². The van der Waals surface area contributed by atoms with Gasteiger partial charge in [0.05, 0.1) is 19.3 Å². The lowest BCUT2D eigenvalue weighted by atomic mass is 9.86. The van der Waals surface area contributed by atoms with E-state index in [9.17, 15) is 9.59 Å². The summed E-state index contributed by atoms with van der Waals surface area (Å²) >= 11 is 1.63. The minimum Gasteiger partial charge on any atom is -0.378 e. The molecule has 0 bridgehead atoms. The van der Waals surface area contributed by atoms with Crippen LogP contribution in [0.5, 0.6) is 0 Å². The number of hydrogen-bond donors (Lipinski definition) is 2. The van der Waals surface area contributed by atoms with Crippen molar-refractivity contribution in [2.45, 2.75) is 26.8 Å². The summed E-state index contributed by atoms with van der Waals surface area (Å²) in [6.07, 6.45) is 0. The number of morpholine rings is 1. The van der Waals surface area contributed by atoms with Crippen LogP contribution in [0.2, 0.25) is 0 Å². The predicted molar refractivity (Wildman–Crippen MR) is 112 cm³/mol. The number of amides is 3. The number of thiophene rings is 1. The SMILES string of the molecule is CC(C)(C)[C@@H](NC(=O)Nc1cccc(C(=O)N2CCOCC2)c1)c1cccs1. The summed E-state index contributed by atoms with van der Waals surface area (Å²) < 4.78 is 5.30. The van der Waals surface area contributed by atoms with E-state index in [0.29, 0.717) is 37.6 Å². The molecule has 3 amide bonds. The van der Waals surface area contributed by atoms with Crippen molar-refractivity contribution in [3.63, 3.8) is 0 Å². The summed E-state index contributed by atoms with van der Waals surface area (Å²) in [5, 5.41) is 7.94. The first-order chi connectivity index (χ1) is 13.3. The van der Waals surface area contributed by atoms with E-state index in [1.54, 1.807) is 40.5 Å². The third-order valence-electron chi connectivity index (χ3n) is 4.63. The van der Waals surface area contributed by atoms with E-state index in [1.807, 2.05) is 17.5 Å². The molecule has 0 saturated carbocycles. The highest BCUT2D eigenvalue weighted by molar-refractivity contribution is 7.10. The fraction of sp³-hybridized carbons (Fsp3) is 0.429. The standard InChI is InChI=1S/C21H27N3O3S/c1-21(2,3)18(17-8-5-13-28-17)23-20(26)22-16-7-4-6-15(14-16)19(25)24-9-11-27-12-10-24/h4-8,13-14,18H,9-12H2,1-3H3,(H2,22,23,26)/t18-/m0/s1. The normalized spacial score (nSPS) is 15.8. The molecule has 1 aromatic heterocycles. The molecule has 0 radical (unpaired) electrons. The van der Waals surface area contributed by atoms with Crippen LogP contribution in [-0.2, 0) is 4.74 Å². The first kappa shape index (κ1) is 20.4. The van der Waals surface area contributed by atoms with Crippen LogP contribution in [-0.4, -0.2) is 43.1 Å². The quantitative estimate of drug-likeness (QED) is 0.809. The van der Waals surface area contributed by atoms with Gasteiger partial charge in [0.2, 0.25) is 0 Å². The first-order valence-corrected chi connectivity index (χ1v) is 10.3. The number of urea groups is 1. The molecule has 0 unspecified atom stereocenters. The average molecular weight is 402 g/mol. The Morgan fingerprint density at radius 2 is 1.89 bits per heavy atom. The van der Waals surface area contributed by atoms with Gasteiger partial charge in [-0.25, -0.2) is 4.79 Å². The van der Waals surface area contributed by atoms with E-state index < -0.39 is 0 Å². The maximum atomic E-state index is 12.6. The van der Waals surface area contributed by atoms with Gasteiger partial charge in [-0.2, -0.15) is 0 Å². The summed E-state index contributed by atoms with van der Waals surface area (Å²) in [7, 11) is 0. The number of rotatable bonds is 4. The predicted octanol–water partition coefficient (Wildman–Crippen LogP) is 4.13. The second-order valence-corrected chi connectivity index (χ2v) is 8.88. The van der Waals surface area contributed by atoms with E-state index in [4.69, 9.17) is 4.74 Å². The van der Waals surface area contributed by atoms with Crippen LogP contribution in [0.1, 0.15) is 42.0 Å². The topological polar surface area (TPSA) is 70.7 Å². The maximum absolute atomic E-state index is 12.6. The van der Waals surface area contributed by atoms with Crippen molar-refractivity contribution in [2.75, 3.05) is 31.6 Å². The van der Waals surface area contributed by atoms with Crippen molar-refractivity contribution in [1.82, 2.24) is 10.2 Å². The zero-order valence-electron chi connectivity index (χ0n) is 16.5. The third-order valence-corrected chi connectivity index (χ3v) is 5.57. The number of benzene rings is 1. The number of anilines is 1. The number of nitrogens with zero attached hydrogens (tertiary/aromatic N) is 1. The Morgan fingerprint density at radius 3 is 2.54 bits per heavy atom. The highest BCUT2D eigenvalue weighted by atomic mass is 32.1. The molecule has 1 aliphatic rings. The number of carbonyl (C=O) groups excluding carboxylic acids is 2. The molecule has 0 aliphatic carbocycles. The van der Waals surface area contributed by atoms with Crippen molar-refractivity contribution in [3.8, 4) is 0 Å². The highest BCUT2D eigenvalue weighted by Crippen LogP contribution is 2.35. The van der Waals surface area contributed by atoms with Gasteiger partial charge in [0.1, 0.15) is 0 Å². The minimum absolute atomic E-state index is 0.0430. The van der Waals surface area contributed by atoms with Crippen LogP contribution in [0.15, 0.2) is 41.8 Å². The molecule has 3 rings (SSSR count). The van der Waals surface area contributed by atoms with Crippen LogP contribution in [0.4, 0.5) is 10.5 Å². The van der Waals surface area contributed by atoms with Gasteiger partial charge in [0.25, 0.3) is 5.91 Å². The smallest absolute Gasteiger partial charge is 0.319 e. The molecule has 28 heavy (non-hydrogen) atoms. The molecule has 150 valence electrons. The lowest BCUT2D eigenvalue weighted by molar-refractivity contribution is 0.0303. The fourth-order valence-electron chi connectivity index (χ4n) is 3.15. The summed E-state index contributed by atoms with van der Waals surface area (Å²) in [5.41, 5.74) is 1.02. The van der Waals surface area contributed by atoms with Crippen LogP contribution < -0.4 is 10.6 Å². The molecule has 1 aliphatic heterocycles. The van der Waals surface area contributed by atoms with Crippen molar-refractivity contribution < 1.29 is 14.3 Å². The second-order valence-electron chi connectivity index (χ2n) is 7.90. The average Bonchev–Trinajstić information content (AvgIpc) is 3.20. The Balaban J connectivity index is 1.67. The summed E-state index contributed by atoms with van der Waals surface area (Å²) in [5.74, 6) is -0.0430. The lowest BCUT2D eigenvalue weighted by Crippen LogP contribution is -2.40. The molecule has 2 aromatic rings. The zero-order valence-corrected chi connectivity index (χ0v) is 17.3. The van der Waals surface area contributed by atoms with E-state index >= 15 is 0 Å². The molecule has 7 heteroatoms. The van der Waals surface area contributed by atoms with E-state index in [-0.39, 0.29) is 23.4 Å². The Labute approximate surface area is 169 Å². The number of carbonyl (C=O) groups is 2. The molecule has 1 atom stereocenters. The summed E-state index contributed by atoms with van der Waals surface area (Å²) in [6.45, 7) is 8.58. The molecule has 1 fully saturated rings. The zero-order chi connectivity index (χ0) is 20.1. The van der Waals surface area contributed by atoms with Crippen molar-refractivity contribution in [3.05, 3.63) is 52.2 Å². The van der Waals surface area contributed by atoms with Gasteiger partial charge in [0.15, 0.2) is 0 Å². The van der Waals surface area contributed by atoms with Gasteiger partial charge in [-0.05, 0) is 35.1 Å². The van der Waals surface area contributed by atoms with E-state index in [1.165, 1.54) is 0 Å². The molecule has 0 spiro atoms. The van der Waals surface area contributed by atoms with Gasteiger partial charge >= 0.3 is 6.03 Å². The van der Waals surface area contributed by atoms with Crippen LogP contribution in [0, 0.1) is 5.41 Å². The van der Waals surface area contributed by atoms with Crippen LogP contribution >= 0.6 is 11.3 Å². The number of ether oxygens (including phenoxy) is 1. The Morgan fingerprint density at radius 1 is 1.14 bits per heavy atom. The summed E-state index contributed by atoms with van der Waals surface area (Å²) in [6, 6.07) is 10.7. The second kappa shape index (κ2) is 8.75. The van der Waals surface area contributed by atoms with E-state index in [2.05, 4.69) is 31.4 Å². The van der Waals surface area contributed by atoms with Gasteiger partial charge in [-0.3, -0.25) is 4.79 Å². The molecule has 1 aromatic carbocycles. The molecular weight excluding hydrogens is 374 g/mol. The van der Waals surface area contributed by atoms with Gasteiger partial charge in [-0.1, -0.05) is 32.9 Å². The third kappa shape index (κ3) is 5.11. The van der Waals surface area contributed by atoms with Crippen molar-refractivity contribution >= 4 is 29.0 Å². The van der Waals surface area contributed by atoms with E-state index in [0.717, 1.165) is 4.88 Å². The largest absolute Gasteiger partial charge is 0.378 e. The minimum atomic E-state index is -0.288. The molecule has 2 heterocycles. The monoisotopic (exact) mass is 401 g/mol. The Kier molecular flexibility index (Phi) is 6.36. The number of nitrogens with one attached hydrogen (secondary N) is 2. The van der Waals surface area contributed by atoms with Crippen molar-refractivity contribution in [1.29, 1.82) is 0 Å². The maximum Gasteiger partial charge on any atom is 0.319 e. The number of hydrogen-bond acceptors (Lipinski definition) is 4. The Bertz CT molecular complexity index is 809. The molecular formula is C21H27N3O3S. The van der Waals surface area contributed by atoms with Crippen molar-refractivity contribution in [2.24, 2.45) is 5.41 Å². The highest BCUT2D eigenvalue weighted by Gasteiger charge is 2.28.